The smallest absolute Gasteiger partial charge is 0.119 e. The largest absolute Gasteiger partial charge is 0.497 e. The van der Waals surface area contributed by atoms with Gasteiger partial charge in [0.25, 0.3) is 0 Å². The van der Waals surface area contributed by atoms with Gasteiger partial charge in [-0.05, 0) is 62.8 Å². The van der Waals surface area contributed by atoms with E-state index < -0.39 is 0 Å². The zero-order valence-corrected chi connectivity index (χ0v) is 15.8. The van der Waals surface area contributed by atoms with Gasteiger partial charge in [0.15, 0.2) is 0 Å². The summed E-state index contributed by atoms with van der Waals surface area (Å²) < 4.78 is 5.44. The van der Waals surface area contributed by atoms with Crippen molar-refractivity contribution < 1.29 is 4.74 Å². The Morgan fingerprint density at radius 3 is 2.69 bits per heavy atom. The summed E-state index contributed by atoms with van der Waals surface area (Å²) in [6, 6.07) is 17.7. The van der Waals surface area contributed by atoms with Crippen LogP contribution in [0.4, 0.5) is 0 Å². The van der Waals surface area contributed by atoms with E-state index in [0.29, 0.717) is 6.04 Å². The first-order valence-electron chi connectivity index (χ1n) is 9.29. The average molecular weight is 349 g/mol. The van der Waals surface area contributed by atoms with Crippen LogP contribution in [0.15, 0.2) is 48.5 Å². The Morgan fingerprint density at radius 2 is 1.96 bits per heavy atom. The van der Waals surface area contributed by atoms with Crippen molar-refractivity contribution in [2.45, 2.75) is 24.9 Å². The third kappa shape index (κ3) is 3.11. The average Bonchev–Trinajstić information content (AvgIpc) is 3.04. The zero-order valence-electron chi connectivity index (χ0n) is 15.8. The summed E-state index contributed by atoms with van der Waals surface area (Å²) in [5, 5.41) is 5.06. The van der Waals surface area contributed by atoms with Gasteiger partial charge in [-0.15, -0.1) is 0 Å². The van der Waals surface area contributed by atoms with Crippen LogP contribution >= 0.6 is 0 Å². The number of ether oxygens (including phenoxy) is 1. The minimum Gasteiger partial charge on any atom is -0.497 e. The number of H-pyrrole nitrogens is 1. The molecule has 0 saturated heterocycles. The molecule has 1 aliphatic heterocycles. The molecule has 1 aliphatic rings. The fourth-order valence-corrected chi connectivity index (χ4v) is 4.15. The maximum Gasteiger partial charge on any atom is 0.119 e. The minimum absolute atomic E-state index is 0.285. The molecule has 1 unspecified atom stereocenters. The molecule has 0 saturated carbocycles. The van der Waals surface area contributed by atoms with E-state index in [0.717, 1.165) is 25.1 Å². The first kappa shape index (κ1) is 17.1. The number of rotatable bonds is 5. The second-order valence-electron chi connectivity index (χ2n) is 7.33. The lowest BCUT2D eigenvalue weighted by Crippen LogP contribution is -2.45. The van der Waals surface area contributed by atoms with E-state index in [-0.39, 0.29) is 6.04 Å². The molecule has 4 heteroatoms. The van der Waals surface area contributed by atoms with Crippen LogP contribution in [-0.2, 0) is 12.8 Å². The van der Waals surface area contributed by atoms with Crippen molar-refractivity contribution >= 4 is 10.9 Å². The molecule has 1 aromatic heterocycles. The Labute approximate surface area is 155 Å². The quantitative estimate of drug-likeness (QED) is 0.740. The van der Waals surface area contributed by atoms with Gasteiger partial charge in [-0.3, -0.25) is 0 Å². The molecule has 0 bridgehead atoms. The van der Waals surface area contributed by atoms with Gasteiger partial charge in [-0.25, -0.2) is 0 Å². The van der Waals surface area contributed by atoms with Gasteiger partial charge in [0.05, 0.1) is 13.2 Å². The van der Waals surface area contributed by atoms with E-state index in [1.807, 2.05) is 6.07 Å². The Hall–Kier alpha value is -2.30. The van der Waals surface area contributed by atoms with Crippen molar-refractivity contribution in [1.29, 1.82) is 0 Å². The molecule has 0 amide bonds. The number of benzene rings is 2. The predicted molar refractivity (Wildman–Crippen MR) is 107 cm³/mol. The molecule has 0 radical (unpaired) electrons. The van der Waals surface area contributed by atoms with Crippen LogP contribution in [-0.4, -0.2) is 43.7 Å². The van der Waals surface area contributed by atoms with Crippen molar-refractivity contribution in [2.75, 3.05) is 27.7 Å². The summed E-state index contributed by atoms with van der Waals surface area (Å²) in [5.74, 6) is 0.919. The van der Waals surface area contributed by atoms with Crippen molar-refractivity contribution in [1.82, 2.24) is 15.2 Å². The number of hydrogen-bond acceptors (Lipinski definition) is 3. The molecule has 0 aliphatic carbocycles. The van der Waals surface area contributed by atoms with Crippen LogP contribution in [0.1, 0.15) is 22.9 Å². The highest BCUT2D eigenvalue weighted by atomic mass is 16.5. The summed E-state index contributed by atoms with van der Waals surface area (Å²) in [5.41, 5.74) is 5.33. The van der Waals surface area contributed by atoms with E-state index in [4.69, 9.17) is 4.74 Å². The Bertz CT molecular complexity index is 885. The van der Waals surface area contributed by atoms with Crippen LogP contribution in [0.5, 0.6) is 5.75 Å². The second-order valence-corrected chi connectivity index (χ2v) is 7.33. The lowest BCUT2D eigenvalue weighted by molar-refractivity contribution is 0.220. The highest BCUT2D eigenvalue weighted by molar-refractivity contribution is 5.86. The highest BCUT2D eigenvalue weighted by Gasteiger charge is 2.31. The normalized spacial score (nSPS) is 18.1. The number of hydrogen-bond donors (Lipinski definition) is 2. The molecule has 4 rings (SSSR count). The van der Waals surface area contributed by atoms with Crippen LogP contribution in [0, 0.1) is 0 Å². The topological polar surface area (TPSA) is 40.3 Å². The molecule has 2 N–H and O–H groups in total. The monoisotopic (exact) mass is 349 g/mol. The highest BCUT2D eigenvalue weighted by Crippen LogP contribution is 2.35. The first-order valence-corrected chi connectivity index (χ1v) is 9.29. The van der Waals surface area contributed by atoms with Gasteiger partial charge >= 0.3 is 0 Å². The number of nitrogens with one attached hydrogen (secondary N) is 2. The van der Waals surface area contributed by atoms with Crippen molar-refractivity contribution in [3.63, 3.8) is 0 Å². The van der Waals surface area contributed by atoms with Gasteiger partial charge in [-0.2, -0.15) is 0 Å². The van der Waals surface area contributed by atoms with Gasteiger partial charge in [0, 0.05) is 22.6 Å². The molecular formula is C22H27N3O. The molecule has 136 valence electrons. The van der Waals surface area contributed by atoms with Gasteiger partial charge in [0.2, 0.25) is 0 Å². The van der Waals surface area contributed by atoms with Gasteiger partial charge < -0.3 is 19.9 Å². The summed E-state index contributed by atoms with van der Waals surface area (Å²) in [6.07, 6.45) is 2.06. The molecule has 0 fully saturated rings. The fourth-order valence-electron chi connectivity index (χ4n) is 4.15. The molecule has 4 nitrogen and oxygen atoms in total. The number of likely N-dealkylation sites (N-methyl/N-ethyl adjacent to an activating group) is 1. The lowest BCUT2D eigenvalue weighted by atomic mass is 9.90. The molecule has 2 atom stereocenters. The SMILES string of the molecule is COc1ccc2[nH]c3c(c2c1)CCNC3[C@@H](Cc1ccccc1)N(C)C. The number of fused-ring (bicyclic) bond motifs is 3. The third-order valence-corrected chi connectivity index (χ3v) is 5.53. The van der Waals surface area contributed by atoms with E-state index in [1.165, 1.54) is 27.7 Å². The van der Waals surface area contributed by atoms with Crippen molar-refractivity contribution in [2.24, 2.45) is 0 Å². The number of methoxy groups -OCH3 is 1. The Balaban J connectivity index is 1.73. The summed E-state index contributed by atoms with van der Waals surface area (Å²) in [6.45, 7) is 1.00. The standard InChI is InChI=1S/C22H27N3O/c1-25(2)20(13-15-7-5-4-6-8-15)22-21-17(11-12-23-22)18-14-16(26-3)9-10-19(18)24-21/h4-10,14,20,22-24H,11-13H2,1-3H3/t20-,22?/m1/s1. The molecule has 2 aromatic carbocycles. The summed E-state index contributed by atoms with van der Waals surface area (Å²) in [4.78, 5) is 6.03. The third-order valence-electron chi connectivity index (χ3n) is 5.53. The molecular weight excluding hydrogens is 322 g/mol. The van der Waals surface area contributed by atoms with E-state index in [2.05, 4.69) is 71.8 Å². The van der Waals surface area contributed by atoms with Crippen LogP contribution < -0.4 is 10.1 Å². The van der Waals surface area contributed by atoms with E-state index >= 15 is 0 Å². The minimum atomic E-state index is 0.285. The zero-order chi connectivity index (χ0) is 18.1. The molecule has 3 aromatic rings. The molecule has 26 heavy (non-hydrogen) atoms. The predicted octanol–water partition coefficient (Wildman–Crippen LogP) is 3.54. The molecule has 2 heterocycles. The maximum atomic E-state index is 5.44. The number of nitrogens with zero attached hydrogens (tertiary/aromatic N) is 1. The summed E-state index contributed by atoms with van der Waals surface area (Å²) >= 11 is 0. The first-order chi connectivity index (χ1) is 12.7. The number of aromatic nitrogens is 1. The van der Waals surface area contributed by atoms with Crippen LogP contribution in [0.2, 0.25) is 0 Å². The van der Waals surface area contributed by atoms with Gasteiger partial charge in [-0.1, -0.05) is 30.3 Å². The van der Waals surface area contributed by atoms with Crippen LogP contribution in [0.25, 0.3) is 10.9 Å². The summed E-state index contributed by atoms with van der Waals surface area (Å²) in [7, 11) is 6.08. The van der Waals surface area contributed by atoms with E-state index in [9.17, 15) is 0 Å². The second kappa shape index (κ2) is 7.14. The Kier molecular flexibility index (Phi) is 4.70. The maximum absolute atomic E-state index is 5.44. The molecule has 0 spiro atoms. The van der Waals surface area contributed by atoms with E-state index in [1.54, 1.807) is 7.11 Å². The number of aromatic amines is 1. The Morgan fingerprint density at radius 1 is 1.15 bits per heavy atom. The van der Waals surface area contributed by atoms with Gasteiger partial charge in [0.1, 0.15) is 5.75 Å². The van der Waals surface area contributed by atoms with Crippen molar-refractivity contribution in [3.05, 3.63) is 65.4 Å². The van der Waals surface area contributed by atoms with Crippen molar-refractivity contribution in [3.8, 4) is 5.75 Å². The lowest BCUT2D eigenvalue weighted by Gasteiger charge is -2.36. The van der Waals surface area contributed by atoms with Crippen LogP contribution in [0.3, 0.4) is 0 Å². The fraction of sp³-hybridized carbons (Fsp3) is 0.364.